The summed E-state index contributed by atoms with van der Waals surface area (Å²) in [4.78, 5) is 11.1. The molecule has 0 aliphatic carbocycles. The smallest absolute Gasteiger partial charge is 0.356 e. The van der Waals surface area contributed by atoms with Gasteiger partial charge in [0.2, 0.25) is 6.79 Å². The molecule has 1 aliphatic rings. The molecule has 110 valence electrons. The topological polar surface area (TPSA) is 73.6 Å². The van der Waals surface area contributed by atoms with Crippen LogP contribution in [0.1, 0.15) is 23.0 Å². The Morgan fingerprint density at radius 3 is 2.76 bits per heavy atom. The van der Waals surface area contributed by atoms with E-state index in [-0.39, 0.29) is 12.5 Å². The molecule has 0 saturated carbocycles. The summed E-state index contributed by atoms with van der Waals surface area (Å²) in [6.45, 7) is 2.13. The number of aromatic nitrogens is 2. The van der Waals surface area contributed by atoms with E-state index >= 15 is 0 Å². The summed E-state index contributed by atoms with van der Waals surface area (Å²) in [6, 6.07) is 3.28. The molecule has 3 rings (SSSR count). The Balaban J connectivity index is 2.23. The average Bonchev–Trinajstić information content (AvgIpc) is 3.05. The van der Waals surface area contributed by atoms with Crippen molar-refractivity contribution in [2.45, 2.75) is 13.3 Å². The van der Waals surface area contributed by atoms with Gasteiger partial charge in [-0.05, 0) is 18.6 Å². The van der Waals surface area contributed by atoms with Crippen LogP contribution in [0.25, 0.3) is 11.3 Å². The zero-order valence-corrected chi connectivity index (χ0v) is 12.3. The maximum atomic E-state index is 11.1. The Hall–Kier alpha value is -2.21. The summed E-state index contributed by atoms with van der Waals surface area (Å²) in [5.74, 6) is 0.0951. The molecule has 0 bridgehead atoms. The lowest BCUT2D eigenvalue weighted by molar-refractivity contribution is 0.0689. The van der Waals surface area contributed by atoms with E-state index in [0.717, 1.165) is 11.1 Å². The van der Waals surface area contributed by atoms with Gasteiger partial charge in [-0.25, -0.2) is 4.79 Å². The minimum atomic E-state index is -1.07. The standard InChI is InChI=1S/C14H13ClN2O4/c1-3-7-8(4-9(15)13-12(7)20-6-21-13)11-5-10(14(18)19)16-17(11)2/h4-5H,3,6H2,1-2H3,(H,18,19). The quantitative estimate of drug-likeness (QED) is 0.943. The Morgan fingerprint density at radius 2 is 2.14 bits per heavy atom. The van der Waals surface area contributed by atoms with E-state index in [2.05, 4.69) is 5.10 Å². The van der Waals surface area contributed by atoms with Crippen LogP contribution in [-0.2, 0) is 13.5 Å². The minimum absolute atomic E-state index is 0.0108. The monoisotopic (exact) mass is 308 g/mol. The molecule has 0 amide bonds. The molecule has 0 unspecified atom stereocenters. The third-order valence-corrected chi connectivity index (χ3v) is 3.71. The highest BCUT2D eigenvalue weighted by molar-refractivity contribution is 6.32. The number of hydrogen-bond donors (Lipinski definition) is 1. The van der Waals surface area contributed by atoms with E-state index in [0.29, 0.717) is 28.6 Å². The number of halogens is 1. The largest absolute Gasteiger partial charge is 0.476 e. The lowest BCUT2D eigenvalue weighted by atomic mass is 10.00. The lowest BCUT2D eigenvalue weighted by Gasteiger charge is -2.12. The maximum absolute atomic E-state index is 11.1. The summed E-state index contributed by atoms with van der Waals surface area (Å²) in [6.07, 6.45) is 0.700. The number of hydrogen-bond acceptors (Lipinski definition) is 4. The van der Waals surface area contributed by atoms with Crippen LogP contribution in [0.2, 0.25) is 5.02 Å². The molecule has 2 aromatic rings. The third kappa shape index (κ3) is 2.12. The van der Waals surface area contributed by atoms with Crippen molar-refractivity contribution in [1.29, 1.82) is 0 Å². The van der Waals surface area contributed by atoms with Gasteiger partial charge in [-0.3, -0.25) is 4.68 Å². The first kappa shape index (κ1) is 13.8. The highest BCUT2D eigenvalue weighted by Crippen LogP contribution is 2.46. The van der Waals surface area contributed by atoms with E-state index in [1.165, 1.54) is 10.7 Å². The summed E-state index contributed by atoms with van der Waals surface area (Å²) < 4.78 is 12.4. The van der Waals surface area contributed by atoms with Gasteiger partial charge in [-0.2, -0.15) is 5.10 Å². The molecule has 2 heterocycles. The fourth-order valence-corrected chi connectivity index (χ4v) is 2.73. The molecule has 0 spiro atoms. The molecule has 1 aromatic carbocycles. The van der Waals surface area contributed by atoms with Crippen LogP contribution in [0.5, 0.6) is 11.5 Å². The number of fused-ring (bicyclic) bond motifs is 1. The van der Waals surface area contributed by atoms with Crippen LogP contribution < -0.4 is 9.47 Å². The molecular weight excluding hydrogens is 296 g/mol. The number of nitrogens with zero attached hydrogens (tertiary/aromatic N) is 2. The number of carboxylic acid groups (broad SMARTS) is 1. The zero-order chi connectivity index (χ0) is 15.1. The first-order valence-corrected chi connectivity index (χ1v) is 6.79. The normalized spacial score (nSPS) is 12.7. The Bertz CT molecular complexity index is 739. The summed E-state index contributed by atoms with van der Waals surface area (Å²) >= 11 is 6.22. The van der Waals surface area contributed by atoms with Gasteiger partial charge in [-0.1, -0.05) is 18.5 Å². The molecule has 0 saturated heterocycles. The second-order valence-corrected chi connectivity index (χ2v) is 5.05. The van der Waals surface area contributed by atoms with Crippen LogP contribution in [0, 0.1) is 0 Å². The number of carbonyl (C=O) groups is 1. The van der Waals surface area contributed by atoms with Crippen molar-refractivity contribution in [3.63, 3.8) is 0 Å². The molecule has 1 aromatic heterocycles. The highest BCUT2D eigenvalue weighted by atomic mass is 35.5. The van der Waals surface area contributed by atoms with Crippen LogP contribution in [0.15, 0.2) is 12.1 Å². The average molecular weight is 309 g/mol. The van der Waals surface area contributed by atoms with Gasteiger partial charge in [0, 0.05) is 18.2 Å². The van der Waals surface area contributed by atoms with E-state index in [4.69, 9.17) is 26.2 Å². The number of aromatic carboxylic acids is 1. The van der Waals surface area contributed by atoms with Gasteiger partial charge in [0.05, 0.1) is 10.7 Å². The first-order chi connectivity index (χ1) is 10.0. The van der Waals surface area contributed by atoms with Crippen molar-refractivity contribution < 1.29 is 19.4 Å². The van der Waals surface area contributed by atoms with Crippen LogP contribution in [0.3, 0.4) is 0 Å². The molecule has 6 nitrogen and oxygen atoms in total. The van der Waals surface area contributed by atoms with Gasteiger partial charge in [-0.15, -0.1) is 0 Å². The molecular formula is C14H13ClN2O4. The SMILES string of the molecule is CCc1c(-c2cc(C(=O)O)nn2C)cc(Cl)c2c1OCO2. The van der Waals surface area contributed by atoms with Crippen molar-refractivity contribution in [2.24, 2.45) is 7.05 Å². The summed E-state index contributed by atoms with van der Waals surface area (Å²) in [7, 11) is 1.69. The summed E-state index contributed by atoms with van der Waals surface area (Å²) in [5, 5.41) is 13.5. The number of aryl methyl sites for hydroxylation is 1. The molecule has 0 atom stereocenters. The highest BCUT2D eigenvalue weighted by Gasteiger charge is 2.26. The van der Waals surface area contributed by atoms with Crippen molar-refractivity contribution in [1.82, 2.24) is 9.78 Å². The van der Waals surface area contributed by atoms with E-state index in [9.17, 15) is 4.79 Å². The Labute approximate surface area is 125 Å². The van der Waals surface area contributed by atoms with Crippen LogP contribution in [-0.4, -0.2) is 27.6 Å². The van der Waals surface area contributed by atoms with Gasteiger partial charge in [0.15, 0.2) is 17.2 Å². The van der Waals surface area contributed by atoms with Gasteiger partial charge < -0.3 is 14.6 Å². The van der Waals surface area contributed by atoms with Crippen molar-refractivity contribution in [2.75, 3.05) is 6.79 Å². The Morgan fingerprint density at radius 1 is 1.43 bits per heavy atom. The zero-order valence-electron chi connectivity index (χ0n) is 11.5. The summed E-state index contributed by atoms with van der Waals surface area (Å²) in [5.41, 5.74) is 2.38. The number of ether oxygens (including phenoxy) is 2. The second-order valence-electron chi connectivity index (χ2n) is 4.65. The van der Waals surface area contributed by atoms with Crippen molar-refractivity contribution in [3.05, 3.63) is 28.4 Å². The molecule has 7 heteroatoms. The van der Waals surface area contributed by atoms with Crippen LogP contribution >= 0.6 is 11.6 Å². The number of benzene rings is 1. The molecule has 21 heavy (non-hydrogen) atoms. The van der Waals surface area contributed by atoms with E-state index in [1.54, 1.807) is 13.1 Å². The van der Waals surface area contributed by atoms with Crippen molar-refractivity contribution >= 4 is 17.6 Å². The third-order valence-electron chi connectivity index (χ3n) is 3.43. The molecule has 1 aliphatic heterocycles. The van der Waals surface area contributed by atoms with Crippen molar-refractivity contribution in [3.8, 4) is 22.8 Å². The maximum Gasteiger partial charge on any atom is 0.356 e. The predicted molar refractivity (Wildman–Crippen MR) is 76.1 cm³/mol. The van der Waals surface area contributed by atoms with E-state index < -0.39 is 5.97 Å². The van der Waals surface area contributed by atoms with E-state index in [1.807, 2.05) is 6.92 Å². The van der Waals surface area contributed by atoms with Gasteiger partial charge in [0.1, 0.15) is 0 Å². The minimum Gasteiger partial charge on any atom is -0.476 e. The molecule has 0 radical (unpaired) electrons. The molecule has 1 N–H and O–H groups in total. The first-order valence-electron chi connectivity index (χ1n) is 6.41. The molecule has 0 fully saturated rings. The Kier molecular flexibility index (Phi) is 3.25. The predicted octanol–water partition coefficient (Wildman–Crippen LogP) is 2.73. The van der Waals surface area contributed by atoms with Gasteiger partial charge in [0.25, 0.3) is 0 Å². The second kappa shape index (κ2) is 4.96. The van der Waals surface area contributed by atoms with Crippen LogP contribution in [0.4, 0.5) is 0 Å². The lowest BCUT2D eigenvalue weighted by Crippen LogP contribution is -2.00. The van der Waals surface area contributed by atoms with Gasteiger partial charge >= 0.3 is 5.97 Å². The number of carboxylic acids is 1. The number of rotatable bonds is 3. The fraction of sp³-hybridized carbons (Fsp3) is 0.286. The fourth-order valence-electron chi connectivity index (χ4n) is 2.49.